The molecule has 0 fully saturated rings. The summed E-state index contributed by atoms with van der Waals surface area (Å²) in [4.78, 5) is 33.6. The first-order valence-corrected chi connectivity index (χ1v) is 10.0. The summed E-state index contributed by atoms with van der Waals surface area (Å²) in [6.07, 6.45) is 0. The zero-order chi connectivity index (χ0) is 22.5. The fourth-order valence-corrected chi connectivity index (χ4v) is 3.94. The number of thioether (sulfide) groups is 1. The molecule has 1 aliphatic heterocycles. The number of nitrogens with one attached hydrogen (secondary N) is 1. The molecule has 2 aromatic carbocycles. The van der Waals surface area contributed by atoms with E-state index in [4.69, 9.17) is 9.47 Å². The highest BCUT2D eigenvalue weighted by Gasteiger charge is 2.32. The molecule has 31 heavy (non-hydrogen) atoms. The average molecular weight is 444 g/mol. The van der Waals surface area contributed by atoms with Gasteiger partial charge in [0.1, 0.15) is 12.0 Å². The van der Waals surface area contributed by atoms with Crippen molar-refractivity contribution < 1.29 is 24.0 Å². The van der Waals surface area contributed by atoms with E-state index in [2.05, 4.69) is 10.4 Å². The van der Waals surface area contributed by atoms with Gasteiger partial charge in [0.2, 0.25) is 11.8 Å². The van der Waals surface area contributed by atoms with Crippen LogP contribution in [0.1, 0.15) is 30.3 Å². The normalized spacial score (nSPS) is 15.3. The Morgan fingerprint density at radius 2 is 1.90 bits per heavy atom. The second-order valence-electron chi connectivity index (χ2n) is 6.54. The fraction of sp³-hybridized carbons (Fsp3) is 0.250. The summed E-state index contributed by atoms with van der Waals surface area (Å²) in [5.41, 5.74) is 1.51. The molecule has 0 saturated carbocycles. The summed E-state index contributed by atoms with van der Waals surface area (Å²) in [7, 11) is 1.50. The van der Waals surface area contributed by atoms with E-state index in [9.17, 15) is 19.7 Å². The van der Waals surface area contributed by atoms with Crippen molar-refractivity contribution in [3.8, 4) is 11.5 Å². The number of methoxy groups -OCH3 is 1. The minimum absolute atomic E-state index is 0.00984. The van der Waals surface area contributed by atoms with Crippen LogP contribution in [0.4, 0.5) is 5.69 Å². The lowest BCUT2D eigenvalue weighted by atomic mass is 10.2. The number of carbonyl (C=O) groups is 2. The Hall–Kier alpha value is -3.60. The molecule has 0 saturated heterocycles. The third kappa shape index (κ3) is 5.31. The number of benzene rings is 2. The van der Waals surface area contributed by atoms with E-state index in [0.29, 0.717) is 16.7 Å². The molecule has 1 atom stereocenters. The van der Waals surface area contributed by atoms with Crippen molar-refractivity contribution in [2.45, 2.75) is 25.8 Å². The van der Waals surface area contributed by atoms with Gasteiger partial charge in [-0.1, -0.05) is 17.8 Å². The van der Waals surface area contributed by atoms with E-state index in [-0.39, 0.29) is 24.1 Å². The minimum atomic E-state index is -0.461. The molecule has 2 amide bonds. The topological polar surface area (TPSA) is 123 Å². The van der Waals surface area contributed by atoms with Gasteiger partial charge in [0.05, 0.1) is 12.0 Å². The third-order valence-corrected chi connectivity index (χ3v) is 5.37. The Bertz CT molecular complexity index is 1040. The largest absolute Gasteiger partial charge is 0.493 e. The van der Waals surface area contributed by atoms with Crippen LogP contribution < -0.4 is 14.8 Å². The van der Waals surface area contributed by atoms with Gasteiger partial charge in [-0.3, -0.25) is 19.7 Å². The van der Waals surface area contributed by atoms with Gasteiger partial charge in [-0.05, 0) is 35.4 Å². The number of hydrogen-bond donors (Lipinski definition) is 1. The fourth-order valence-electron chi connectivity index (χ4n) is 2.81. The van der Waals surface area contributed by atoms with Gasteiger partial charge in [0, 0.05) is 26.0 Å². The summed E-state index contributed by atoms with van der Waals surface area (Å²) >= 11 is 1.24. The first-order valence-electron chi connectivity index (χ1n) is 9.15. The second kappa shape index (κ2) is 9.47. The maximum Gasteiger partial charge on any atom is 0.269 e. The quantitative estimate of drug-likeness (QED) is 0.536. The van der Waals surface area contributed by atoms with Crippen molar-refractivity contribution in [1.82, 2.24) is 10.3 Å². The van der Waals surface area contributed by atoms with Gasteiger partial charge in [-0.15, -0.1) is 5.10 Å². The lowest BCUT2D eigenvalue weighted by Crippen LogP contribution is -2.25. The lowest BCUT2D eigenvalue weighted by molar-refractivity contribution is -0.384. The molecule has 1 N–H and O–H groups in total. The van der Waals surface area contributed by atoms with Crippen LogP contribution in [0, 0.1) is 10.1 Å². The van der Waals surface area contributed by atoms with E-state index in [1.165, 1.54) is 49.9 Å². The first kappa shape index (κ1) is 22.1. The second-order valence-corrected chi connectivity index (χ2v) is 7.61. The Morgan fingerprint density at radius 1 is 1.19 bits per heavy atom. The summed E-state index contributed by atoms with van der Waals surface area (Å²) in [5.74, 6) is 0.389. The van der Waals surface area contributed by atoms with E-state index < -0.39 is 10.3 Å². The number of nitrogens with zero attached hydrogens (tertiary/aromatic N) is 3. The SMILES string of the molecule is COc1cc([C@H]2SC(NC(C)=O)=NN2C(C)=O)ccc1OCc1ccc([N+](=O)[O-])cc1. The molecule has 0 bridgehead atoms. The summed E-state index contributed by atoms with van der Waals surface area (Å²) in [5, 5.41) is 18.7. The number of non-ortho nitro benzene ring substituents is 1. The minimum Gasteiger partial charge on any atom is -0.493 e. The molecule has 10 nitrogen and oxygen atoms in total. The molecule has 0 aliphatic carbocycles. The van der Waals surface area contributed by atoms with Crippen LogP contribution in [0.5, 0.6) is 11.5 Å². The monoisotopic (exact) mass is 444 g/mol. The Labute approximate surface area is 182 Å². The molecule has 162 valence electrons. The van der Waals surface area contributed by atoms with Crippen molar-refractivity contribution in [3.63, 3.8) is 0 Å². The van der Waals surface area contributed by atoms with E-state index in [1.807, 2.05) is 0 Å². The van der Waals surface area contributed by atoms with Crippen LogP contribution in [0.15, 0.2) is 47.6 Å². The number of hydrazone groups is 1. The Morgan fingerprint density at radius 3 is 2.48 bits per heavy atom. The van der Waals surface area contributed by atoms with Crippen LogP contribution in [0.2, 0.25) is 0 Å². The van der Waals surface area contributed by atoms with Crippen LogP contribution in [-0.4, -0.2) is 34.0 Å². The lowest BCUT2D eigenvalue weighted by Gasteiger charge is -2.20. The van der Waals surface area contributed by atoms with Crippen molar-refractivity contribution >= 4 is 34.4 Å². The van der Waals surface area contributed by atoms with E-state index in [0.717, 1.165) is 11.1 Å². The van der Waals surface area contributed by atoms with Crippen molar-refractivity contribution in [1.29, 1.82) is 0 Å². The molecular formula is C20H20N4O6S. The molecule has 1 aliphatic rings. The maximum absolute atomic E-state index is 12.0. The molecular weight excluding hydrogens is 424 g/mol. The van der Waals surface area contributed by atoms with E-state index >= 15 is 0 Å². The van der Waals surface area contributed by atoms with Gasteiger partial charge in [0.15, 0.2) is 16.7 Å². The number of rotatable bonds is 6. The average Bonchev–Trinajstić information content (AvgIpc) is 3.15. The van der Waals surface area contributed by atoms with Gasteiger partial charge in [-0.25, -0.2) is 5.01 Å². The molecule has 3 rings (SSSR count). The zero-order valence-electron chi connectivity index (χ0n) is 17.0. The number of carbonyl (C=O) groups excluding carboxylic acids is 2. The number of amidine groups is 1. The number of hydrogen-bond acceptors (Lipinski definition) is 8. The van der Waals surface area contributed by atoms with Crippen LogP contribution in [0.25, 0.3) is 0 Å². The highest BCUT2D eigenvalue weighted by molar-refractivity contribution is 8.14. The van der Waals surface area contributed by atoms with Crippen LogP contribution in [0.3, 0.4) is 0 Å². The summed E-state index contributed by atoms with van der Waals surface area (Å²) in [6, 6.07) is 11.3. The van der Waals surface area contributed by atoms with Crippen molar-refractivity contribution in [2.75, 3.05) is 7.11 Å². The van der Waals surface area contributed by atoms with Crippen LogP contribution in [-0.2, 0) is 16.2 Å². The predicted molar refractivity (Wildman–Crippen MR) is 115 cm³/mol. The van der Waals surface area contributed by atoms with Gasteiger partial charge >= 0.3 is 0 Å². The highest BCUT2D eigenvalue weighted by atomic mass is 32.2. The molecule has 2 aromatic rings. The predicted octanol–water partition coefficient (Wildman–Crippen LogP) is 3.18. The highest BCUT2D eigenvalue weighted by Crippen LogP contribution is 2.41. The molecule has 0 aromatic heterocycles. The molecule has 0 spiro atoms. The Balaban J connectivity index is 1.75. The number of amides is 2. The standard InChI is InChI=1S/C20H20N4O6S/c1-12(25)21-20-22-23(13(2)26)19(31-20)15-6-9-17(18(10-15)29-3)30-11-14-4-7-16(8-5-14)24(27)28/h4-10,19H,11H2,1-3H3,(H,21,22,25)/t19-/m1/s1. The smallest absolute Gasteiger partial charge is 0.269 e. The van der Waals surface area contributed by atoms with Gasteiger partial charge in [-0.2, -0.15) is 0 Å². The number of nitro benzene ring substituents is 1. The summed E-state index contributed by atoms with van der Waals surface area (Å²) in [6.45, 7) is 2.96. The number of ether oxygens (including phenoxy) is 2. The van der Waals surface area contributed by atoms with E-state index in [1.54, 1.807) is 30.3 Å². The van der Waals surface area contributed by atoms with Crippen molar-refractivity contribution in [2.24, 2.45) is 5.10 Å². The van der Waals surface area contributed by atoms with Crippen LogP contribution >= 0.6 is 11.8 Å². The molecule has 11 heteroatoms. The molecule has 1 heterocycles. The zero-order valence-corrected chi connectivity index (χ0v) is 17.8. The summed E-state index contributed by atoms with van der Waals surface area (Å²) < 4.78 is 11.2. The molecule has 0 unspecified atom stereocenters. The van der Waals surface area contributed by atoms with Gasteiger partial charge in [0.25, 0.3) is 5.69 Å². The molecule has 0 radical (unpaired) electrons. The van der Waals surface area contributed by atoms with Gasteiger partial charge < -0.3 is 14.8 Å². The maximum atomic E-state index is 12.0. The third-order valence-electron chi connectivity index (χ3n) is 4.26. The number of nitro groups is 1. The Kier molecular flexibility index (Phi) is 6.75. The van der Waals surface area contributed by atoms with Crippen molar-refractivity contribution in [3.05, 3.63) is 63.7 Å². The first-order chi connectivity index (χ1) is 14.8.